The zero-order chi connectivity index (χ0) is 13.9. The molecule has 100 valence electrons. The number of benzene rings is 1. The second-order valence-electron chi connectivity index (χ2n) is 3.71. The van der Waals surface area contributed by atoms with E-state index in [9.17, 15) is 19.4 Å². The fourth-order valence-electron chi connectivity index (χ4n) is 1.35. The van der Waals surface area contributed by atoms with Gasteiger partial charge in [-0.3, -0.25) is 4.79 Å². The van der Waals surface area contributed by atoms with Gasteiger partial charge in [0.1, 0.15) is 11.9 Å². The highest BCUT2D eigenvalue weighted by atomic mass is 35.5. The molecule has 4 nitrogen and oxygen atoms in total. The third kappa shape index (κ3) is 3.84. The lowest BCUT2D eigenvalue weighted by Crippen LogP contribution is -2.22. The largest absolute Gasteiger partial charge is 0.396 e. The van der Waals surface area contributed by atoms with Crippen LogP contribution in [0.3, 0.4) is 0 Å². The van der Waals surface area contributed by atoms with E-state index in [0.29, 0.717) is 0 Å². The zero-order valence-electron chi connectivity index (χ0n) is 9.56. The van der Waals surface area contributed by atoms with E-state index in [0.717, 1.165) is 17.8 Å². The summed E-state index contributed by atoms with van der Waals surface area (Å²) in [6.07, 6.45) is -2.64. The number of nitrogen functional groups attached to an aromatic ring is 1. The van der Waals surface area contributed by atoms with Crippen molar-refractivity contribution in [1.82, 2.24) is 0 Å². The van der Waals surface area contributed by atoms with Crippen LogP contribution in [0.5, 0.6) is 0 Å². The quantitative estimate of drug-likeness (QED) is 0.737. The van der Waals surface area contributed by atoms with Gasteiger partial charge < -0.3 is 15.9 Å². The van der Waals surface area contributed by atoms with Gasteiger partial charge in [-0.25, -0.2) is 4.39 Å². The fraction of sp³-hybridized carbons (Fsp3) is 0.364. The molecule has 2 unspecified atom stereocenters. The number of hydrogen-bond donors (Lipinski definition) is 3. The van der Waals surface area contributed by atoms with Crippen molar-refractivity contribution in [3.8, 4) is 0 Å². The van der Waals surface area contributed by atoms with Crippen LogP contribution in [-0.2, 0) is 4.79 Å². The molecule has 0 bridgehead atoms. The van der Waals surface area contributed by atoms with Crippen molar-refractivity contribution >= 4 is 34.2 Å². The number of carbonyl (C=O) groups is 1. The van der Waals surface area contributed by atoms with E-state index < -0.39 is 18.0 Å². The molecule has 0 spiro atoms. The Hall–Kier alpha value is -0.820. The third-order valence-electron chi connectivity index (χ3n) is 2.27. The molecule has 0 aromatic heterocycles. The number of halogens is 2. The van der Waals surface area contributed by atoms with Gasteiger partial charge in [-0.05, 0) is 12.1 Å². The van der Waals surface area contributed by atoms with Crippen molar-refractivity contribution in [3.05, 3.63) is 28.5 Å². The molecule has 4 N–H and O–H groups in total. The summed E-state index contributed by atoms with van der Waals surface area (Å²) in [5.74, 6) is -0.771. The van der Waals surface area contributed by atoms with Crippen molar-refractivity contribution in [2.75, 3.05) is 11.5 Å². The summed E-state index contributed by atoms with van der Waals surface area (Å²) >= 11 is 6.51. The molecular formula is C11H13ClFNO3S. The van der Waals surface area contributed by atoms with Gasteiger partial charge >= 0.3 is 0 Å². The second kappa shape index (κ2) is 6.38. The number of aliphatic hydroxyl groups excluding tert-OH is 2. The Morgan fingerprint density at radius 3 is 2.72 bits per heavy atom. The Bertz CT molecular complexity index is 458. The topological polar surface area (TPSA) is 83.5 Å². The van der Waals surface area contributed by atoms with E-state index in [4.69, 9.17) is 17.3 Å². The molecule has 0 aliphatic rings. The summed E-state index contributed by atoms with van der Waals surface area (Å²) in [5, 5.41) is 19.4. The first-order valence-corrected chi connectivity index (χ1v) is 6.43. The maximum absolute atomic E-state index is 13.3. The highest BCUT2D eigenvalue weighted by Gasteiger charge is 2.23. The first kappa shape index (κ1) is 15.2. The number of carbonyl (C=O) groups excluding carboxylic acids is 1. The van der Waals surface area contributed by atoms with Crippen molar-refractivity contribution in [1.29, 1.82) is 0 Å². The summed E-state index contributed by atoms with van der Waals surface area (Å²) < 4.78 is 13.3. The van der Waals surface area contributed by atoms with E-state index in [-0.39, 0.29) is 27.1 Å². The summed E-state index contributed by atoms with van der Waals surface area (Å²) in [7, 11) is 0. The van der Waals surface area contributed by atoms with Crippen LogP contribution in [0.2, 0.25) is 5.02 Å². The van der Waals surface area contributed by atoms with Gasteiger partial charge in [0.15, 0.2) is 5.12 Å². The van der Waals surface area contributed by atoms with E-state index in [1.165, 1.54) is 13.0 Å². The normalized spacial score (nSPS) is 14.3. The first-order valence-electron chi connectivity index (χ1n) is 5.06. The van der Waals surface area contributed by atoms with Crippen LogP contribution >= 0.6 is 23.4 Å². The standard InChI is InChI=1S/C11H13ClFNO3S/c1-5(15)18-4-9(16)11(17)7-2-6(12)3-8(13)10(7)14/h2-3,9,11,16-17H,4,14H2,1H3. The minimum Gasteiger partial charge on any atom is -0.396 e. The molecule has 1 aromatic rings. The minimum atomic E-state index is -1.40. The van der Waals surface area contributed by atoms with Gasteiger partial charge in [0, 0.05) is 23.3 Å². The van der Waals surface area contributed by atoms with Crippen molar-refractivity contribution in [2.24, 2.45) is 0 Å². The molecule has 1 aromatic carbocycles. The van der Waals surface area contributed by atoms with Crippen LogP contribution in [0.25, 0.3) is 0 Å². The van der Waals surface area contributed by atoms with E-state index in [1.54, 1.807) is 0 Å². The highest BCUT2D eigenvalue weighted by molar-refractivity contribution is 8.13. The predicted molar refractivity (Wildman–Crippen MR) is 69.9 cm³/mol. The van der Waals surface area contributed by atoms with Gasteiger partial charge in [0.25, 0.3) is 0 Å². The number of anilines is 1. The van der Waals surface area contributed by atoms with Gasteiger partial charge in [-0.1, -0.05) is 23.4 Å². The summed E-state index contributed by atoms with van der Waals surface area (Å²) in [6, 6.07) is 2.30. The fourth-order valence-corrected chi connectivity index (χ4v) is 2.15. The van der Waals surface area contributed by atoms with Gasteiger partial charge in [0.2, 0.25) is 0 Å². The molecule has 0 radical (unpaired) electrons. The molecule has 2 atom stereocenters. The van der Waals surface area contributed by atoms with Crippen LogP contribution in [0.1, 0.15) is 18.6 Å². The van der Waals surface area contributed by atoms with Gasteiger partial charge in [-0.2, -0.15) is 0 Å². The molecule has 18 heavy (non-hydrogen) atoms. The maximum atomic E-state index is 13.3. The van der Waals surface area contributed by atoms with Crippen LogP contribution < -0.4 is 5.73 Å². The average Bonchev–Trinajstić information content (AvgIpc) is 2.29. The maximum Gasteiger partial charge on any atom is 0.185 e. The summed E-state index contributed by atoms with van der Waals surface area (Å²) in [6.45, 7) is 1.34. The number of thioether (sulfide) groups is 1. The van der Waals surface area contributed by atoms with Gasteiger partial charge in [0.05, 0.1) is 11.8 Å². The Kier molecular flexibility index (Phi) is 5.40. The van der Waals surface area contributed by atoms with Crippen molar-refractivity contribution < 1.29 is 19.4 Å². The Morgan fingerprint density at radius 1 is 1.56 bits per heavy atom. The molecule has 0 heterocycles. The SMILES string of the molecule is CC(=O)SCC(O)C(O)c1cc(Cl)cc(F)c1N. The van der Waals surface area contributed by atoms with Crippen molar-refractivity contribution in [3.63, 3.8) is 0 Å². The molecule has 0 saturated carbocycles. The minimum absolute atomic E-state index is 0.00985. The number of hydrogen-bond acceptors (Lipinski definition) is 5. The Balaban J connectivity index is 2.89. The molecule has 7 heteroatoms. The van der Waals surface area contributed by atoms with Crippen molar-refractivity contribution in [2.45, 2.75) is 19.1 Å². The number of nitrogens with two attached hydrogens (primary N) is 1. The molecule has 0 fully saturated rings. The van der Waals surface area contributed by atoms with Crippen LogP contribution in [0, 0.1) is 5.82 Å². The van der Waals surface area contributed by atoms with E-state index in [2.05, 4.69) is 0 Å². The molecule has 0 saturated heterocycles. The number of rotatable bonds is 4. The lowest BCUT2D eigenvalue weighted by atomic mass is 10.0. The lowest BCUT2D eigenvalue weighted by Gasteiger charge is -2.19. The molecule has 1 rings (SSSR count). The summed E-state index contributed by atoms with van der Waals surface area (Å²) in [5.41, 5.74) is 5.21. The van der Waals surface area contributed by atoms with Crippen LogP contribution in [0.15, 0.2) is 12.1 Å². The van der Waals surface area contributed by atoms with Crippen LogP contribution in [-0.4, -0.2) is 27.2 Å². The first-order chi connectivity index (χ1) is 8.32. The molecule has 0 aliphatic heterocycles. The average molecular weight is 294 g/mol. The predicted octanol–water partition coefficient (Wildman–Crippen LogP) is 1.74. The molecule has 0 amide bonds. The van der Waals surface area contributed by atoms with E-state index in [1.807, 2.05) is 0 Å². The molecular weight excluding hydrogens is 281 g/mol. The van der Waals surface area contributed by atoms with Crippen LogP contribution in [0.4, 0.5) is 10.1 Å². The monoisotopic (exact) mass is 293 g/mol. The Morgan fingerprint density at radius 2 is 2.17 bits per heavy atom. The lowest BCUT2D eigenvalue weighted by molar-refractivity contribution is -0.109. The second-order valence-corrected chi connectivity index (χ2v) is 5.34. The zero-order valence-corrected chi connectivity index (χ0v) is 11.1. The smallest absolute Gasteiger partial charge is 0.185 e. The third-order valence-corrected chi connectivity index (χ3v) is 3.40. The number of aliphatic hydroxyl groups is 2. The summed E-state index contributed by atoms with van der Waals surface area (Å²) in [4.78, 5) is 10.7. The van der Waals surface area contributed by atoms with Gasteiger partial charge in [-0.15, -0.1) is 0 Å². The highest BCUT2D eigenvalue weighted by Crippen LogP contribution is 2.30. The van der Waals surface area contributed by atoms with E-state index >= 15 is 0 Å². The molecule has 0 aliphatic carbocycles. The Labute approximate surface area is 113 Å².